The Morgan fingerprint density at radius 2 is 1.60 bits per heavy atom. The van der Waals surface area contributed by atoms with E-state index in [2.05, 4.69) is 0 Å². The lowest BCUT2D eigenvalue weighted by molar-refractivity contribution is -0.670. The van der Waals surface area contributed by atoms with E-state index in [1.807, 2.05) is 0 Å². The first-order valence-electron chi connectivity index (χ1n) is 4.27. The molecule has 1 rings (SSSR count). The molecule has 0 saturated carbocycles. The van der Waals surface area contributed by atoms with Crippen LogP contribution in [-0.4, -0.2) is 36.6 Å². The van der Waals surface area contributed by atoms with E-state index in [4.69, 9.17) is 13.0 Å². The standard InChI is InChI=1S/C5H7F2N2O2S.CHF3O3S/c1-8-2-3-9(4-8)12(10,11)5(6)7;2-1(3,4)8(5,6)7/h2-5H,1H3;(H,5,6,7)/q+1;/p-1. The van der Waals surface area contributed by atoms with Crippen LogP contribution in [0.2, 0.25) is 0 Å². The number of hydrogen-bond acceptors (Lipinski definition) is 5. The first kappa shape index (κ1) is 18.7. The maximum absolute atomic E-state index is 11.9. The molecule has 0 fully saturated rings. The van der Waals surface area contributed by atoms with Gasteiger partial charge in [-0.2, -0.15) is 30.4 Å². The number of aryl methyl sites for hydroxylation is 1. The largest absolute Gasteiger partial charge is 0.741 e. The van der Waals surface area contributed by atoms with Crippen LogP contribution in [0.5, 0.6) is 0 Å². The van der Waals surface area contributed by atoms with Crippen molar-refractivity contribution < 1.29 is 47.9 Å². The third-order valence-corrected chi connectivity index (χ3v) is 3.37. The number of alkyl halides is 5. The molecule has 0 aliphatic carbocycles. The Labute approximate surface area is 110 Å². The van der Waals surface area contributed by atoms with Gasteiger partial charge >= 0.3 is 21.3 Å². The highest BCUT2D eigenvalue weighted by molar-refractivity contribution is 7.90. The predicted octanol–water partition coefficient (Wildman–Crippen LogP) is -0.236. The van der Waals surface area contributed by atoms with Crippen molar-refractivity contribution in [1.82, 2.24) is 3.97 Å². The topological polar surface area (TPSA) is 100 Å². The summed E-state index contributed by atoms with van der Waals surface area (Å²) < 4.78 is 106. The molecule has 0 unspecified atom stereocenters. The highest BCUT2D eigenvalue weighted by Gasteiger charge is 2.36. The van der Waals surface area contributed by atoms with E-state index in [1.54, 1.807) is 0 Å². The van der Waals surface area contributed by atoms with Crippen LogP contribution in [0.3, 0.4) is 0 Å². The Morgan fingerprint density at radius 1 is 1.20 bits per heavy atom. The van der Waals surface area contributed by atoms with Gasteiger partial charge in [0.2, 0.25) is 0 Å². The van der Waals surface area contributed by atoms with E-state index in [1.165, 1.54) is 17.8 Å². The number of rotatable bonds is 2. The van der Waals surface area contributed by atoms with Crippen molar-refractivity contribution in [3.8, 4) is 0 Å². The maximum atomic E-state index is 11.9. The lowest BCUT2D eigenvalue weighted by Crippen LogP contribution is -2.26. The van der Waals surface area contributed by atoms with E-state index in [9.17, 15) is 30.4 Å². The van der Waals surface area contributed by atoms with Gasteiger partial charge in [0.15, 0.2) is 10.1 Å². The summed E-state index contributed by atoms with van der Waals surface area (Å²) in [7, 11) is -9.04. The average Bonchev–Trinajstić information content (AvgIpc) is 2.62. The van der Waals surface area contributed by atoms with E-state index in [0.717, 1.165) is 12.5 Å². The molecule has 1 heterocycles. The summed E-state index contributed by atoms with van der Waals surface area (Å²) in [6.07, 6.45) is 3.48. The molecule has 0 aromatic carbocycles. The van der Waals surface area contributed by atoms with Crippen molar-refractivity contribution in [3.63, 3.8) is 0 Å². The molecule has 0 atom stereocenters. The minimum Gasteiger partial charge on any atom is -0.741 e. The van der Waals surface area contributed by atoms with E-state index < -0.39 is 31.4 Å². The maximum Gasteiger partial charge on any atom is 0.485 e. The molecule has 0 saturated heterocycles. The molecule has 0 radical (unpaired) electrons. The first-order valence-corrected chi connectivity index (χ1v) is 7.18. The molecule has 14 heteroatoms. The van der Waals surface area contributed by atoms with Crippen molar-refractivity contribution in [3.05, 3.63) is 18.7 Å². The third-order valence-electron chi connectivity index (χ3n) is 1.55. The zero-order chi connectivity index (χ0) is 16.4. The van der Waals surface area contributed by atoms with Gasteiger partial charge < -0.3 is 4.55 Å². The Kier molecular flexibility index (Phi) is 5.62. The second-order valence-electron chi connectivity index (χ2n) is 3.11. The molecule has 0 spiro atoms. The van der Waals surface area contributed by atoms with Gasteiger partial charge in [-0.05, 0) is 0 Å². The molecule has 0 amide bonds. The zero-order valence-electron chi connectivity index (χ0n) is 9.45. The van der Waals surface area contributed by atoms with E-state index in [-0.39, 0.29) is 0 Å². The fourth-order valence-electron chi connectivity index (χ4n) is 0.670. The van der Waals surface area contributed by atoms with Gasteiger partial charge in [-0.15, -0.1) is 3.97 Å². The molecule has 20 heavy (non-hydrogen) atoms. The summed E-state index contributed by atoms with van der Waals surface area (Å²) >= 11 is 0. The normalized spacial score (nSPS) is 13.0. The molecule has 0 bridgehead atoms. The average molecular weight is 346 g/mol. The second-order valence-corrected chi connectivity index (χ2v) is 6.29. The van der Waals surface area contributed by atoms with Gasteiger partial charge in [0.25, 0.3) is 6.33 Å². The summed E-state index contributed by atoms with van der Waals surface area (Å²) in [5.41, 5.74) is -5.65. The summed E-state index contributed by atoms with van der Waals surface area (Å²) in [5, 5.41) is 0. The third kappa shape index (κ3) is 5.01. The minimum absolute atomic E-state index is 0.484. The Hall–Kier alpha value is -1.28. The molecule has 7 nitrogen and oxygen atoms in total. The van der Waals surface area contributed by atoms with Gasteiger partial charge in [0, 0.05) is 0 Å². The van der Waals surface area contributed by atoms with Crippen LogP contribution in [0, 0.1) is 0 Å². The highest BCUT2D eigenvalue weighted by atomic mass is 32.2. The van der Waals surface area contributed by atoms with Crippen LogP contribution in [0.25, 0.3) is 0 Å². The van der Waals surface area contributed by atoms with Crippen molar-refractivity contribution >= 4 is 20.1 Å². The number of aromatic nitrogens is 2. The minimum atomic E-state index is -6.09. The highest BCUT2D eigenvalue weighted by Crippen LogP contribution is 2.20. The fourth-order valence-corrected chi connectivity index (χ4v) is 1.36. The molecule has 1 aromatic rings. The van der Waals surface area contributed by atoms with Gasteiger partial charge in [0.1, 0.15) is 12.4 Å². The van der Waals surface area contributed by atoms with Crippen molar-refractivity contribution in [2.75, 3.05) is 0 Å². The second kappa shape index (κ2) is 6.01. The van der Waals surface area contributed by atoms with E-state index in [0.29, 0.717) is 3.97 Å². The van der Waals surface area contributed by atoms with Crippen molar-refractivity contribution in [2.45, 2.75) is 11.3 Å². The summed E-state index contributed by atoms with van der Waals surface area (Å²) in [4.78, 5) is 0. The molecular weight excluding hydrogens is 339 g/mol. The Morgan fingerprint density at radius 3 is 1.80 bits per heavy atom. The molecule has 0 aliphatic heterocycles. The van der Waals surface area contributed by atoms with Crippen LogP contribution in [0.4, 0.5) is 22.0 Å². The molecule has 1 aromatic heterocycles. The monoisotopic (exact) mass is 346 g/mol. The van der Waals surface area contributed by atoms with Crippen LogP contribution in [0.1, 0.15) is 0 Å². The summed E-state index contributed by atoms with van der Waals surface area (Å²) in [6.45, 7) is 0. The van der Waals surface area contributed by atoms with Crippen LogP contribution in [0.15, 0.2) is 18.7 Å². The van der Waals surface area contributed by atoms with Gasteiger partial charge in [-0.1, -0.05) is 0 Å². The van der Waals surface area contributed by atoms with Crippen LogP contribution < -0.4 is 4.57 Å². The molecule has 0 N–H and O–H groups in total. The molecular formula is C6H7F5N2O5S2. The van der Waals surface area contributed by atoms with Crippen molar-refractivity contribution in [1.29, 1.82) is 0 Å². The Balaban J connectivity index is 0.000000396. The SMILES string of the molecule is C[n+]1ccn(S(=O)(=O)C(F)F)c1.O=S(=O)([O-])C(F)(F)F. The fraction of sp³-hybridized carbons (Fsp3) is 0.500. The zero-order valence-corrected chi connectivity index (χ0v) is 11.1. The predicted molar refractivity (Wildman–Crippen MR) is 51.7 cm³/mol. The molecule has 0 aliphatic rings. The Bertz CT molecular complexity index is 648. The van der Waals surface area contributed by atoms with E-state index >= 15 is 0 Å². The number of imidazole rings is 1. The lowest BCUT2D eigenvalue weighted by Gasteiger charge is -2.08. The lowest BCUT2D eigenvalue weighted by atomic mass is 10.9. The van der Waals surface area contributed by atoms with Crippen LogP contribution in [-0.2, 0) is 27.2 Å². The number of hydrogen-bond donors (Lipinski definition) is 0. The quantitative estimate of drug-likeness (QED) is 0.319. The molecule has 118 valence electrons. The number of nitrogens with zero attached hydrogens (tertiary/aromatic N) is 2. The van der Waals surface area contributed by atoms with Crippen molar-refractivity contribution in [2.24, 2.45) is 7.05 Å². The van der Waals surface area contributed by atoms with Crippen LogP contribution >= 0.6 is 0 Å². The summed E-state index contributed by atoms with van der Waals surface area (Å²) in [5.74, 6) is -3.38. The van der Waals surface area contributed by atoms with Gasteiger partial charge in [-0.3, -0.25) is 0 Å². The van der Waals surface area contributed by atoms with Gasteiger partial charge in [-0.25, -0.2) is 13.0 Å². The first-order chi connectivity index (χ1) is 8.69. The van der Waals surface area contributed by atoms with Gasteiger partial charge in [0.05, 0.1) is 7.05 Å². The number of halogens is 5. The smallest absolute Gasteiger partial charge is 0.485 e. The summed E-state index contributed by atoms with van der Waals surface area (Å²) in [6, 6.07) is 0.